The molecule has 15 heteroatoms. The summed E-state index contributed by atoms with van der Waals surface area (Å²) in [5.41, 5.74) is 1.40. The molecule has 1 atom stereocenters. The van der Waals surface area contributed by atoms with Crippen LogP contribution >= 0.6 is 43.2 Å². The second kappa shape index (κ2) is 15.6. The fraction of sp³-hybridized carbons (Fsp3) is 0.323. The van der Waals surface area contributed by atoms with E-state index in [1.54, 1.807) is 57.2 Å². The highest BCUT2D eigenvalue weighted by molar-refractivity contribution is 9.11. The monoisotopic (exact) mass is 780 g/mol. The van der Waals surface area contributed by atoms with Crippen molar-refractivity contribution in [2.75, 3.05) is 40.6 Å². The number of halogens is 2. The average molecular weight is 782 g/mol. The van der Waals surface area contributed by atoms with E-state index in [4.69, 9.17) is 18.9 Å². The van der Waals surface area contributed by atoms with Crippen LogP contribution in [-0.2, 0) is 28.6 Å². The van der Waals surface area contributed by atoms with Gasteiger partial charge in [-0.1, -0.05) is 17.4 Å². The zero-order valence-electron chi connectivity index (χ0n) is 25.5. The summed E-state index contributed by atoms with van der Waals surface area (Å²) in [6.45, 7) is 4.98. The van der Waals surface area contributed by atoms with Gasteiger partial charge in [-0.25, -0.2) is 19.4 Å². The van der Waals surface area contributed by atoms with Gasteiger partial charge in [-0.15, -0.1) is 0 Å². The molecule has 2 aromatic carbocycles. The number of hydrogen-bond acceptors (Lipinski definition) is 12. The zero-order chi connectivity index (χ0) is 33.5. The molecular weight excluding hydrogens is 752 g/mol. The maximum Gasteiger partial charge on any atom is 0.343 e. The summed E-state index contributed by atoms with van der Waals surface area (Å²) in [4.78, 5) is 55.6. The standard InChI is InChI=1S/C31H30Br2N2O10S/c1-6-42-22-13-18(8-9-21(22)44-14-24(36)40-4)27-26(30(39)43-7-2)16(3)34-31-35(27)29(38)23(46-31)12-17-10-19(32)28(20(33)11-17)45-15-25(37)41-5/h8-13,27H,6-7,14-15H2,1-5H3/b23-12-/t27-/m1/s1. The number of carbonyl (C=O) groups is 3. The van der Waals surface area contributed by atoms with Gasteiger partial charge in [-0.05, 0) is 94.1 Å². The number of methoxy groups -OCH3 is 2. The number of rotatable bonds is 12. The molecule has 4 rings (SSSR count). The van der Waals surface area contributed by atoms with Gasteiger partial charge in [-0.2, -0.15) is 0 Å². The highest BCUT2D eigenvalue weighted by atomic mass is 79.9. The van der Waals surface area contributed by atoms with Crippen molar-refractivity contribution in [2.45, 2.75) is 26.8 Å². The second-order valence-electron chi connectivity index (χ2n) is 9.48. The van der Waals surface area contributed by atoms with E-state index in [0.717, 1.165) is 11.3 Å². The summed E-state index contributed by atoms with van der Waals surface area (Å²) in [6.07, 6.45) is 1.69. The van der Waals surface area contributed by atoms with E-state index in [9.17, 15) is 19.2 Å². The van der Waals surface area contributed by atoms with Gasteiger partial charge in [0.05, 0.1) is 58.2 Å². The summed E-state index contributed by atoms with van der Waals surface area (Å²) in [5, 5.41) is 0. The van der Waals surface area contributed by atoms with Crippen LogP contribution in [0.3, 0.4) is 0 Å². The van der Waals surface area contributed by atoms with E-state index in [1.807, 2.05) is 0 Å². The topological polar surface area (TPSA) is 141 Å². The summed E-state index contributed by atoms with van der Waals surface area (Å²) >= 11 is 8.09. The predicted molar refractivity (Wildman–Crippen MR) is 175 cm³/mol. The first-order valence-electron chi connectivity index (χ1n) is 13.9. The van der Waals surface area contributed by atoms with E-state index >= 15 is 0 Å². The number of hydrogen-bond donors (Lipinski definition) is 0. The molecule has 0 N–H and O–H groups in total. The number of thiazole rings is 1. The molecule has 0 fully saturated rings. The van der Waals surface area contributed by atoms with Crippen LogP contribution in [0.1, 0.15) is 37.9 Å². The minimum atomic E-state index is -0.904. The first kappa shape index (κ1) is 34.9. The SMILES string of the molecule is CCOC(=O)C1=C(C)N=c2s/c(=C\c3cc(Br)c(OCC(=O)OC)c(Br)c3)c(=O)n2[C@@H]1c1ccc(OCC(=O)OC)c(OCC)c1. The van der Waals surface area contributed by atoms with Crippen molar-refractivity contribution in [3.8, 4) is 17.2 Å². The largest absolute Gasteiger partial charge is 0.490 e. The fourth-order valence-electron chi connectivity index (χ4n) is 4.53. The quantitative estimate of drug-likeness (QED) is 0.197. The summed E-state index contributed by atoms with van der Waals surface area (Å²) in [7, 11) is 2.53. The number of benzene rings is 2. The molecule has 3 aromatic rings. The van der Waals surface area contributed by atoms with Gasteiger partial charge in [0.25, 0.3) is 5.56 Å². The second-order valence-corrected chi connectivity index (χ2v) is 12.2. The van der Waals surface area contributed by atoms with E-state index in [0.29, 0.717) is 46.6 Å². The minimum Gasteiger partial charge on any atom is -0.490 e. The lowest BCUT2D eigenvalue weighted by Gasteiger charge is -2.25. The molecule has 0 bridgehead atoms. The van der Waals surface area contributed by atoms with E-state index in [-0.39, 0.29) is 43.3 Å². The Morgan fingerprint density at radius 2 is 1.59 bits per heavy atom. The highest BCUT2D eigenvalue weighted by Gasteiger charge is 2.34. The maximum absolute atomic E-state index is 14.1. The average Bonchev–Trinajstić information content (AvgIpc) is 3.32. The van der Waals surface area contributed by atoms with Crippen molar-refractivity contribution >= 4 is 67.2 Å². The first-order valence-corrected chi connectivity index (χ1v) is 16.3. The van der Waals surface area contributed by atoms with Crippen LogP contribution < -0.4 is 29.1 Å². The number of carbonyl (C=O) groups excluding carboxylic acids is 3. The van der Waals surface area contributed by atoms with Gasteiger partial charge in [-0.3, -0.25) is 9.36 Å². The van der Waals surface area contributed by atoms with Crippen molar-refractivity contribution in [3.63, 3.8) is 0 Å². The van der Waals surface area contributed by atoms with Gasteiger partial charge in [0.15, 0.2) is 29.5 Å². The van der Waals surface area contributed by atoms with Crippen LogP contribution in [0.5, 0.6) is 17.2 Å². The third kappa shape index (κ3) is 7.70. The lowest BCUT2D eigenvalue weighted by atomic mass is 9.95. The maximum atomic E-state index is 14.1. The van der Waals surface area contributed by atoms with Crippen LogP contribution in [0.4, 0.5) is 0 Å². The van der Waals surface area contributed by atoms with Gasteiger partial charge < -0.3 is 28.4 Å². The van der Waals surface area contributed by atoms with E-state index in [2.05, 4.69) is 46.3 Å². The molecule has 0 unspecified atom stereocenters. The lowest BCUT2D eigenvalue weighted by Crippen LogP contribution is -2.40. The number of esters is 3. The molecule has 12 nitrogen and oxygen atoms in total. The Morgan fingerprint density at radius 3 is 2.20 bits per heavy atom. The number of fused-ring (bicyclic) bond motifs is 1. The van der Waals surface area contributed by atoms with Crippen LogP contribution in [0.25, 0.3) is 6.08 Å². The number of nitrogens with zero attached hydrogens (tertiary/aromatic N) is 2. The summed E-state index contributed by atoms with van der Waals surface area (Å²) in [6, 6.07) is 7.54. The number of aromatic nitrogens is 1. The van der Waals surface area contributed by atoms with E-state index in [1.165, 1.54) is 18.8 Å². The molecule has 0 spiro atoms. The molecule has 244 valence electrons. The van der Waals surface area contributed by atoms with Crippen LogP contribution in [0, 0.1) is 0 Å². The summed E-state index contributed by atoms with van der Waals surface area (Å²) < 4.78 is 34.5. The normalized spacial score (nSPS) is 14.2. The molecule has 0 aliphatic carbocycles. The van der Waals surface area contributed by atoms with Crippen LogP contribution in [-0.4, -0.2) is 63.1 Å². The minimum absolute atomic E-state index is 0.125. The van der Waals surface area contributed by atoms with Gasteiger partial charge in [0.1, 0.15) is 5.75 Å². The van der Waals surface area contributed by atoms with Crippen LogP contribution in [0.2, 0.25) is 0 Å². The molecule has 46 heavy (non-hydrogen) atoms. The van der Waals surface area contributed by atoms with Gasteiger partial charge in [0.2, 0.25) is 0 Å². The fourth-order valence-corrected chi connectivity index (χ4v) is 7.02. The number of allylic oxidation sites excluding steroid dienone is 1. The smallest absolute Gasteiger partial charge is 0.343 e. The van der Waals surface area contributed by atoms with Gasteiger partial charge >= 0.3 is 17.9 Å². The number of ether oxygens (including phenoxy) is 6. The van der Waals surface area contributed by atoms with Crippen LogP contribution in [0.15, 0.2) is 60.3 Å². The Labute approximate surface area is 284 Å². The highest BCUT2D eigenvalue weighted by Crippen LogP contribution is 2.37. The molecule has 0 amide bonds. The van der Waals surface area contributed by atoms with Crippen molar-refractivity contribution in [1.82, 2.24) is 4.57 Å². The summed E-state index contributed by atoms with van der Waals surface area (Å²) in [5.74, 6) is -0.715. The van der Waals surface area contributed by atoms with Crippen molar-refractivity contribution in [1.29, 1.82) is 0 Å². The molecule has 2 heterocycles. The molecule has 0 saturated heterocycles. The third-order valence-electron chi connectivity index (χ3n) is 6.55. The van der Waals surface area contributed by atoms with Gasteiger partial charge in [0, 0.05) is 0 Å². The van der Waals surface area contributed by atoms with Crippen molar-refractivity contribution < 1.29 is 42.8 Å². The molecule has 1 aromatic heterocycles. The molecule has 1 aliphatic rings. The molecular formula is C31H30Br2N2O10S. The third-order valence-corrected chi connectivity index (χ3v) is 8.71. The Morgan fingerprint density at radius 1 is 0.935 bits per heavy atom. The van der Waals surface area contributed by atoms with E-state index < -0.39 is 23.9 Å². The molecule has 1 aliphatic heterocycles. The van der Waals surface area contributed by atoms with Crippen molar-refractivity contribution in [2.24, 2.45) is 4.99 Å². The molecule has 0 radical (unpaired) electrons. The zero-order valence-corrected chi connectivity index (χ0v) is 29.5. The predicted octanol–water partition coefficient (Wildman–Crippen LogP) is 3.83. The Bertz CT molecular complexity index is 1860. The molecule has 0 saturated carbocycles. The Kier molecular flexibility index (Phi) is 11.8. The first-order chi connectivity index (χ1) is 22.0. The lowest BCUT2D eigenvalue weighted by molar-refractivity contribution is -0.143. The van der Waals surface area contributed by atoms with Crippen molar-refractivity contribution in [3.05, 3.63) is 81.4 Å². The Hall–Kier alpha value is -3.95. The Balaban J connectivity index is 1.85.